The molecule has 33 heavy (non-hydrogen) atoms. The van der Waals surface area contributed by atoms with Crippen molar-refractivity contribution in [1.29, 1.82) is 0 Å². The molecule has 3 amide bonds. The number of carbonyl (C=O) groups is 4. The predicted molar refractivity (Wildman–Crippen MR) is 120 cm³/mol. The van der Waals surface area contributed by atoms with Crippen LogP contribution >= 0.6 is 0 Å². The molecule has 7 nitrogen and oxygen atoms in total. The fourth-order valence-electron chi connectivity index (χ4n) is 4.07. The lowest BCUT2D eigenvalue weighted by atomic mass is 9.99. The number of rotatable bonds is 8. The summed E-state index contributed by atoms with van der Waals surface area (Å²) in [5.41, 5.74) is 1.90. The molecule has 0 saturated heterocycles. The van der Waals surface area contributed by atoms with Crippen LogP contribution in [-0.4, -0.2) is 33.7 Å². The average Bonchev–Trinajstić information content (AvgIpc) is 3.08. The molecule has 1 aliphatic heterocycles. The maximum absolute atomic E-state index is 13.1. The van der Waals surface area contributed by atoms with Gasteiger partial charge in [-0.2, -0.15) is 0 Å². The van der Waals surface area contributed by atoms with Crippen molar-refractivity contribution >= 4 is 23.7 Å². The Morgan fingerprint density at radius 3 is 1.73 bits per heavy atom. The highest BCUT2D eigenvalue weighted by Crippen LogP contribution is 2.33. The highest BCUT2D eigenvalue weighted by molar-refractivity contribution is 6.21. The van der Waals surface area contributed by atoms with E-state index in [4.69, 9.17) is 0 Å². The lowest BCUT2D eigenvalue weighted by Crippen LogP contribution is -2.38. The Bertz CT molecular complexity index is 1160. The van der Waals surface area contributed by atoms with Gasteiger partial charge in [-0.1, -0.05) is 72.8 Å². The van der Waals surface area contributed by atoms with E-state index >= 15 is 0 Å². The van der Waals surface area contributed by atoms with Crippen LogP contribution in [0.25, 0.3) is 0 Å². The first kappa shape index (κ1) is 22.0. The Balaban J connectivity index is 1.61. The number of carbonyl (C=O) groups excluding carboxylic acids is 3. The largest absolute Gasteiger partial charge is 0.481 e. The maximum atomic E-state index is 13.1. The van der Waals surface area contributed by atoms with Gasteiger partial charge < -0.3 is 10.4 Å². The van der Waals surface area contributed by atoms with Crippen molar-refractivity contribution in [2.75, 3.05) is 0 Å². The summed E-state index contributed by atoms with van der Waals surface area (Å²) in [5.74, 6) is -2.43. The molecule has 0 aromatic heterocycles. The topological polar surface area (TPSA) is 104 Å². The summed E-state index contributed by atoms with van der Waals surface area (Å²) in [4.78, 5) is 51.8. The number of carboxylic acids is 1. The van der Waals surface area contributed by atoms with Crippen molar-refractivity contribution in [3.63, 3.8) is 0 Å². The molecule has 0 aliphatic carbocycles. The first-order chi connectivity index (χ1) is 16.0. The molecule has 3 aromatic carbocycles. The van der Waals surface area contributed by atoms with E-state index in [-0.39, 0.29) is 12.8 Å². The van der Waals surface area contributed by atoms with Crippen molar-refractivity contribution in [1.82, 2.24) is 10.2 Å². The number of fused-ring (bicyclic) bond motifs is 1. The zero-order valence-electron chi connectivity index (χ0n) is 17.7. The number of carboxylic acid groups (broad SMARTS) is 1. The third-order valence-corrected chi connectivity index (χ3v) is 5.62. The molecular weight excluding hydrogens is 420 g/mol. The van der Waals surface area contributed by atoms with Gasteiger partial charge in [0.1, 0.15) is 0 Å². The zero-order valence-corrected chi connectivity index (χ0v) is 17.7. The van der Waals surface area contributed by atoms with E-state index in [1.165, 1.54) is 0 Å². The molecule has 0 bridgehead atoms. The lowest BCUT2D eigenvalue weighted by Gasteiger charge is -2.27. The maximum Gasteiger partial charge on any atom is 0.305 e. The van der Waals surface area contributed by atoms with Crippen LogP contribution in [0.3, 0.4) is 0 Å². The van der Waals surface area contributed by atoms with E-state index in [0.29, 0.717) is 22.3 Å². The smallest absolute Gasteiger partial charge is 0.305 e. The van der Waals surface area contributed by atoms with Crippen LogP contribution in [0.4, 0.5) is 0 Å². The summed E-state index contributed by atoms with van der Waals surface area (Å²) in [6.07, 6.45) is -0.489. The Kier molecular flexibility index (Phi) is 6.31. The van der Waals surface area contributed by atoms with Gasteiger partial charge in [0, 0.05) is 0 Å². The van der Waals surface area contributed by atoms with Gasteiger partial charge >= 0.3 is 5.97 Å². The molecular formula is C26H22N2O5. The molecule has 2 N–H and O–H groups in total. The van der Waals surface area contributed by atoms with Crippen molar-refractivity contribution in [2.45, 2.75) is 24.9 Å². The molecule has 0 spiro atoms. The molecule has 4 rings (SSSR count). The Hall–Kier alpha value is -4.26. The van der Waals surface area contributed by atoms with Crippen LogP contribution in [0.2, 0.25) is 0 Å². The second-order valence-electron chi connectivity index (χ2n) is 7.79. The molecule has 0 fully saturated rings. The van der Waals surface area contributed by atoms with Gasteiger partial charge in [0.15, 0.2) is 0 Å². The number of nitrogens with zero attached hydrogens (tertiary/aromatic N) is 1. The van der Waals surface area contributed by atoms with E-state index in [1.807, 2.05) is 0 Å². The lowest BCUT2D eigenvalue weighted by molar-refractivity contribution is -0.137. The molecule has 1 aliphatic rings. The molecule has 1 heterocycles. The van der Waals surface area contributed by atoms with E-state index in [9.17, 15) is 24.3 Å². The number of imide groups is 1. The fourth-order valence-corrected chi connectivity index (χ4v) is 4.07. The fraction of sp³-hybridized carbons (Fsp3) is 0.154. The first-order valence-corrected chi connectivity index (χ1v) is 10.5. The van der Waals surface area contributed by atoms with E-state index in [2.05, 4.69) is 5.32 Å². The molecule has 0 saturated carbocycles. The van der Waals surface area contributed by atoms with Gasteiger partial charge in [-0.25, -0.2) is 0 Å². The molecule has 166 valence electrons. The quantitative estimate of drug-likeness (QED) is 0.517. The number of amides is 3. The highest BCUT2D eigenvalue weighted by Gasteiger charge is 2.41. The third-order valence-electron chi connectivity index (χ3n) is 5.62. The summed E-state index contributed by atoms with van der Waals surface area (Å²) in [7, 11) is 0. The zero-order chi connectivity index (χ0) is 23.4. The minimum atomic E-state index is -1.05. The van der Waals surface area contributed by atoms with Gasteiger partial charge in [-0.15, -0.1) is 0 Å². The van der Waals surface area contributed by atoms with E-state index in [0.717, 1.165) is 4.90 Å². The second kappa shape index (κ2) is 9.48. The van der Waals surface area contributed by atoms with Crippen molar-refractivity contribution in [3.05, 3.63) is 107 Å². The predicted octanol–water partition coefficient (Wildman–Crippen LogP) is 3.75. The SMILES string of the molecule is O=C(O)CC(NC(=O)CC(c1ccccc1)N1C(=O)c2ccccc2C1=O)c1ccccc1. The molecule has 0 radical (unpaired) electrons. The van der Waals surface area contributed by atoms with Crippen LogP contribution in [-0.2, 0) is 9.59 Å². The van der Waals surface area contributed by atoms with Crippen LogP contribution in [0.5, 0.6) is 0 Å². The van der Waals surface area contributed by atoms with E-state index in [1.54, 1.807) is 84.9 Å². The van der Waals surface area contributed by atoms with Crippen LogP contribution in [0.1, 0.15) is 56.8 Å². The van der Waals surface area contributed by atoms with Crippen LogP contribution in [0, 0.1) is 0 Å². The Labute approximate surface area is 190 Å². The van der Waals surface area contributed by atoms with Crippen molar-refractivity contribution < 1.29 is 24.3 Å². The summed E-state index contributed by atoms with van der Waals surface area (Å²) >= 11 is 0. The van der Waals surface area contributed by atoms with Crippen molar-refractivity contribution in [2.24, 2.45) is 0 Å². The van der Waals surface area contributed by atoms with Gasteiger partial charge in [0.05, 0.1) is 36.1 Å². The summed E-state index contributed by atoms with van der Waals surface area (Å²) in [6, 6.07) is 22.7. The average molecular weight is 442 g/mol. The number of aliphatic carboxylic acids is 1. The Morgan fingerprint density at radius 1 is 0.727 bits per heavy atom. The number of hydrogen-bond acceptors (Lipinski definition) is 4. The molecule has 7 heteroatoms. The highest BCUT2D eigenvalue weighted by atomic mass is 16.4. The Morgan fingerprint density at radius 2 is 1.21 bits per heavy atom. The summed E-state index contributed by atoms with van der Waals surface area (Å²) < 4.78 is 0. The minimum Gasteiger partial charge on any atom is -0.481 e. The van der Waals surface area contributed by atoms with Gasteiger partial charge in [-0.05, 0) is 23.3 Å². The summed E-state index contributed by atoms with van der Waals surface area (Å²) in [6.45, 7) is 0. The monoisotopic (exact) mass is 442 g/mol. The van der Waals surface area contributed by atoms with Crippen LogP contribution < -0.4 is 5.32 Å². The van der Waals surface area contributed by atoms with Gasteiger partial charge in [0.25, 0.3) is 11.8 Å². The first-order valence-electron chi connectivity index (χ1n) is 10.5. The second-order valence-corrected chi connectivity index (χ2v) is 7.79. The van der Waals surface area contributed by atoms with Crippen LogP contribution in [0.15, 0.2) is 84.9 Å². The normalized spacial score (nSPS) is 14.5. The van der Waals surface area contributed by atoms with E-state index < -0.39 is 35.8 Å². The molecule has 2 unspecified atom stereocenters. The third kappa shape index (κ3) is 4.67. The summed E-state index contributed by atoms with van der Waals surface area (Å²) in [5, 5.41) is 12.1. The number of benzene rings is 3. The molecule has 2 atom stereocenters. The van der Waals surface area contributed by atoms with Gasteiger partial charge in [-0.3, -0.25) is 24.1 Å². The van der Waals surface area contributed by atoms with Crippen molar-refractivity contribution in [3.8, 4) is 0 Å². The minimum absolute atomic E-state index is 0.196. The van der Waals surface area contributed by atoms with Gasteiger partial charge in [0.2, 0.25) is 5.91 Å². The standard InChI is InChI=1S/C26H22N2O5/c29-23(27-21(15-24(30)31)17-9-3-1-4-10-17)16-22(18-11-5-2-6-12-18)28-25(32)19-13-7-8-14-20(19)26(28)33/h1-14,21-22H,15-16H2,(H,27,29)(H,30,31). The number of nitrogens with one attached hydrogen (secondary N) is 1. The number of hydrogen-bond donors (Lipinski definition) is 2. The molecule has 3 aromatic rings.